The van der Waals surface area contributed by atoms with Gasteiger partial charge in [0, 0.05) is 20.9 Å². The average Bonchev–Trinajstić information content (AvgIpc) is 2.96. The Morgan fingerprint density at radius 3 is 2.13 bits per heavy atom. The number of esters is 1. The fourth-order valence-electron chi connectivity index (χ4n) is 4.58. The summed E-state index contributed by atoms with van der Waals surface area (Å²) in [6, 6.07) is 29.2. The number of hydrogen-bond acceptors (Lipinski definition) is 6. The number of anilines is 2. The normalized spacial score (nSPS) is 12.1. The Bertz CT molecular complexity index is 1730. The highest BCUT2D eigenvalue weighted by Crippen LogP contribution is 2.47. The molecule has 186 valence electrons. The van der Waals surface area contributed by atoms with Gasteiger partial charge in [-0.2, -0.15) is 0 Å². The standard InChI is InChI=1S/C31H21NO5S/c1-19-28(34)21-12-9-13-22(30(21)37-29(19)20-10-3-2-4-11-20)31(35)36-18-27(33)32-23-14-5-7-16-25(23)38-26-17-8-6-15-24(26)32/h2-17H,18H2,1H3. The molecule has 0 unspecified atom stereocenters. The molecule has 1 aromatic heterocycles. The molecule has 0 saturated carbocycles. The molecule has 6 nitrogen and oxygen atoms in total. The van der Waals surface area contributed by atoms with Gasteiger partial charge in [-0.05, 0) is 43.3 Å². The molecule has 0 spiro atoms. The molecule has 4 aromatic carbocycles. The van der Waals surface area contributed by atoms with E-state index in [4.69, 9.17) is 9.15 Å². The summed E-state index contributed by atoms with van der Waals surface area (Å²) in [5.74, 6) is -0.748. The lowest BCUT2D eigenvalue weighted by Gasteiger charge is -2.30. The number of rotatable bonds is 4. The SMILES string of the molecule is Cc1c(-c2ccccc2)oc2c(C(=O)OCC(=O)N3c4ccccc4Sc4ccccc43)cccc2c1=O. The minimum absolute atomic E-state index is 0.0829. The van der Waals surface area contributed by atoms with E-state index in [2.05, 4.69) is 0 Å². The van der Waals surface area contributed by atoms with Crippen LogP contribution in [-0.2, 0) is 9.53 Å². The van der Waals surface area contributed by atoms with Gasteiger partial charge in [0.15, 0.2) is 17.6 Å². The first-order valence-electron chi connectivity index (χ1n) is 12.0. The van der Waals surface area contributed by atoms with Crippen molar-refractivity contribution in [2.75, 3.05) is 11.5 Å². The molecule has 0 bridgehead atoms. The Kier molecular flexibility index (Phi) is 6.05. The van der Waals surface area contributed by atoms with E-state index in [1.165, 1.54) is 6.07 Å². The number of carbonyl (C=O) groups is 2. The molecule has 2 heterocycles. The molecule has 38 heavy (non-hydrogen) atoms. The highest BCUT2D eigenvalue weighted by molar-refractivity contribution is 7.99. The molecule has 1 amide bonds. The number of hydrogen-bond donors (Lipinski definition) is 0. The van der Waals surface area contributed by atoms with E-state index in [1.54, 1.807) is 35.7 Å². The summed E-state index contributed by atoms with van der Waals surface area (Å²) >= 11 is 1.58. The van der Waals surface area contributed by atoms with E-state index < -0.39 is 12.6 Å². The maximum Gasteiger partial charge on any atom is 0.342 e. The van der Waals surface area contributed by atoms with Crippen molar-refractivity contribution in [2.24, 2.45) is 0 Å². The quantitative estimate of drug-likeness (QED) is 0.244. The third-order valence-corrected chi connectivity index (χ3v) is 7.54. The Hall–Kier alpha value is -4.62. The predicted octanol–water partition coefficient (Wildman–Crippen LogP) is 6.75. The second-order valence-corrected chi connectivity index (χ2v) is 9.86. The second kappa shape index (κ2) is 9.68. The molecule has 0 saturated heterocycles. The Balaban J connectivity index is 1.32. The fraction of sp³-hybridized carbons (Fsp3) is 0.0645. The minimum Gasteiger partial charge on any atom is -0.455 e. The lowest BCUT2D eigenvalue weighted by atomic mass is 10.0. The van der Waals surface area contributed by atoms with E-state index in [-0.39, 0.29) is 27.9 Å². The first-order chi connectivity index (χ1) is 18.5. The third kappa shape index (κ3) is 4.07. The highest BCUT2D eigenvalue weighted by Gasteiger charge is 2.29. The van der Waals surface area contributed by atoms with Gasteiger partial charge >= 0.3 is 5.97 Å². The number of fused-ring (bicyclic) bond motifs is 3. The van der Waals surface area contributed by atoms with Gasteiger partial charge in [0.25, 0.3) is 5.91 Å². The van der Waals surface area contributed by atoms with E-state index in [9.17, 15) is 14.4 Å². The van der Waals surface area contributed by atoms with Crippen molar-refractivity contribution in [3.05, 3.63) is 118 Å². The third-order valence-electron chi connectivity index (χ3n) is 6.41. The molecule has 7 heteroatoms. The summed E-state index contributed by atoms with van der Waals surface area (Å²) < 4.78 is 11.6. The van der Waals surface area contributed by atoms with Gasteiger partial charge < -0.3 is 9.15 Å². The molecule has 5 aromatic rings. The summed E-state index contributed by atoms with van der Waals surface area (Å²) in [5.41, 5.74) is 2.62. The van der Waals surface area contributed by atoms with Crippen LogP contribution >= 0.6 is 11.8 Å². The zero-order chi connectivity index (χ0) is 26.2. The lowest BCUT2D eigenvalue weighted by molar-refractivity contribution is -0.121. The molecule has 0 fully saturated rings. The van der Waals surface area contributed by atoms with Crippen LogP contribution in [0, 0.1) is 6.92 Å². The van der Waals surface area contributed by atoms with Crippen molar-refractivity contribution in [3.8, 4) is 11.3 Å². The molecule has 0 atom stereocenters. The van der Waals surface area contributed by atoms with Crippen LogP contribution in [0.3, 0.4) is 0 Å². The van der Waals surface area contributed by atoms with Gasteiger partial charge in [-0.3, -0.25) is 14.5 Å². The molecule has 1 aliphatic rings. The van der Waals surface area contributed by atoms with Gasteiger partial charge in [0.05, 0.1) is 16.8 Å². The molecule has 0 aliphatic carbocycles. The predicted molar refractivity (Wildman–Crippen MR) is 147 cm³/mol. The number of para-hydroxylation sites is 3. The highest BCUT2D eigenvalue weighted by atomic mass is 32.2. The Morgan fingerprint density at radius 1 is 0.816 bits per heavy atom. The molecule has 1 aliphatic heterocycles. The van der Waals surface area contributed by atoms with Gasteiger partial charge in [0.2, 0.25) is 0 Å². The topological polar surface area (TPSA) is 76.8 Å². The summed E-state index contributed by atoms with van der Waals surface area (Å²) in [6.45, 7) is 1.22. The van der Waals surface area contributed by atoms with E-state index in [1.807, 2.05) is 78.9 Å². The largest absolute Gasteiger partial charge is 0.455 e. The first kappa shape index (κ1) is 23.8. The van der Waals surface area contributed by atoms with Crippen molar-refractivity contribution in [3.63, 3.8) is 0 Å². The second-order valence-electron chi connectivity index (χ2n) is 8.78. The van der Waals surface area contributed by atoms with Crippen LogP contribution in [0.5, 0.6) is 0 Å². The van der Waals surface area contributed by atoms with Gasteiger partial charge in [-0.1, -0.05) is 72.4 Å². The average molecular weight is 520 g/mol. The molecule has 6 rings (SSSR count). The summed E-state index contributed by atoms with van der Waals surface area (Å²) in [4.78, 5) is 43.2. The van der Waals surface area contributed by atoms with Crippen molar-refractivity contribution >= 4 is 46.0 Å². The van der Waals surface area contributed by atoms with Gasteiger partial charge in [-0.15, -0.1) is 0 Å². The summed E-state index contributed by atoms with van der Waals surface area (Å²) in [5, 5.41) is 0.277. The number of carbonyl (C=O) groups excluding carboxylic acids is 2. The molecular weight excluding hydrogens is 498 g/mol. The van der Waals surface area contributed by atoms with Crippen LogP contribution in [0.25, 0.3) is 22.3 Å². The van der Waals surface area contributed by atoms with Crippen LogP contribution in [0.15, 0.2) is 116 Å². The van der Waals surface area contributed by atoms with Crippen LogP contribution in [0.4, 0.5) is 11.4 Å². The molecule has 0 N–H and O–H groups in total. The van der Waals surface area contributed by atoms with Crippen LogP contribution in [0.1, 0.15) is 15.9 Å². The van der Waals surface area contributed by atoms with Gasteiger partial charge in [0.1, 0.15) is 11.3 Å². The van der Waals surface area contributed by atoms with Crippen LogP contribution in [0.2, 0.25) is 0 Å². The maximum absolute atomic E-state index is 13.4. The van der Waals surface area contributed by atoms with E-state index in [0.29, 0.717) is 11.3 Å². The number of nitrogens with zero attached hydrogens (tertiary/aromatic N) is 1. The Morgan fingerprint density at radius 2 is 1.45 bits per heavy atom. The number of ether oxygens (including phenoxy) is 1. The van der Waals surface area contributed by atoms with Crippen LogP contribution in [-0.4, -0.2) is 18.5 Å². The van der Waals surface area contributed by atoms with Crippen molar-refractivity contribution in [1.82, 2.24) is 0 Å². The number of benzene rings is 4. The molecule has 0 radical (unpaired) electrons. The number of amides is 1. The maximum atomic E-state index is 13.4. The van der Waals surface area contributed by atoms with Crippen LogP contribution < -0.4 is 10.3 Å². The monoisotopic (exact) mass is 519 g/mol. The minimum atomic E-state index is -0.747. The Labute approximate surface area is 222 Å². The van der Waals surface area contributed by atoms with Crippen molar-refractivity contribution in [1.29, 1.82) is 0 Å². The van der Waals surface area contributed by atoms with Gasteiger partial charge in [-0.25, -0.2) is 4.79 Å². The zero-order valence-corrected chi connectivity index (χ0v) is 21.2. The first-order valence-corrected chi connectivity index (χ1v) is 12.8. The van der Waals surface area contributed by atoms with E-state index >= 15 is 0 Å². The van der Waals surface area contributed by atoms with Crippen molar-refractivity contribution < 1.29 is 18.7 Å². The smallest absolute Gasteiger partial charge is 0.342 e. The molecular formula is C31H21NO5S. The zero-order valence-electron chi connectivity index (χ0n) is 20.3. The fourth-order valence-corrected chi connectivity index (χ4v) is 5.64. The summed E-state index contributed by atoms with van der Waals surface area (Å²) in [6.07, 6.45) is 0. The lowest BCUT2D eigenvalue weighted by Crippen LogP contribution is -2.32. The van der Waals surface area contributed by atoms with Crippen molar-refractivity contribution in [2.45, 2.75) is 16.7 Å². The summed E-state index contributed by atoms with van der Waals surface area (Å²) in [7, 11) is 0. The van der Waals surface area contributed by atoms with E-state index in [0.717, 1.165) is 26.7 Å².